The average Bonchev–Trinajstić information content (AvgIpc) is 2.40. The number of hydrogen-bond donors (Lipinski definition) is 1. The minimum atomic E-state index is -0.384. The van der Waals surface area contributed by atoms with Crippen molar-refractivity contribution in [3.63, 3.8) is 0 Å². The molecular formula is C14H20F2N2S. The summed E-state index contributed by atoms with van der Waals surface area (Å²) in [6, 6.07) is 3.72. The van der Waals surface area contributed by atoms with Crippen LogP contribution in [0.1, 0.15) is 18.5 Å². The number of hydrogen-bond acceptors (Lipinski definition) is 3. The number of thioether (sulfide) groups is 1. The third kappa shape index (κ3) is 3.46. The van der Waals surface area contributed by atoms with Crippen molar-refractivity contribution in [1.29, 1.82) is 0 Å². The molecule has 1 aromatic carbocycles. The summed E-state index contributed by atoms with van der Waals surface area (Å²) in [7, 11) is 2.05. The smallest absolute Gasteiger partial charge is 0.128 e. The van der Waals surface area contributed by atoms with E-state index in [0.29, 0.717) is 5.56 Å². The molecule has 0 saturated carbocycles. The van der Waals surface area contributed by atoms with Gasteiger partial charge in [0.25, 0.3) is 0 Å². The molecule has 1 N–H and O–H groups in total. The lowest BCUT2D eigenvalue weighted by Crippen LogP contribution is -2.48. The summed E-state index contributed by atoms with van der Waals surface area (Å²) >= 11 is 1.87. The maximum Gasteiger partial charge on any atom is 0.128 e. The molecule has 2 rings (SSSR count). The zero-order valence-corrected chi connectivity index (χ0v) is 12.1. The molecule has 0 bridgehead atoms. The highest BCUT2D eigenvalue weighted by molar-refractivity contribution is 7.99. The van der Waals surface area contributed by atoms with E-state index in [1.807, 2.05) is 25.7 Å². The molecule has 1 aliphatic heterocycles. The van der Waals surface area contributed by atoms with E-state index in [9.17, 15) is 8.78 Å². The summed E-state index contributed by atoms with van der Waals surface area (Å²) in [5.41, 5.74) is 0.432. The average molecular weight is 286 g/mol. The van der Waals surface area contributed by atoms with Gasteiger partial charge in [-0.2, -0.15) is 11.8 Å². The maximum absolute atomic E-state index is 14.0. The first-order valence-corrected chi connectivity index (χ1v) is 7.75. The Morgan fingerprint density at radius 1 is 1.47 bits per heavy atom. The molecule has 0 radical (unpaired) electrons. The van der Waals surface area contributed by atoms with Gasteiger partial charge in [0.15, 0.2) is 0 Å². The molecule has 2 unspecified atom stereocenters. The normalized spacial score (nSPS) is 22.4. The van der Waals surface area contributed by atoms with E-state index in [0.717, 1.165) is 24.6 Å². The summed E-state index contributed by atoms with van der Waals surface area (Å²) in [5, 5.41) is 3.31. The lowest BCUT2D eigenvalue weighted by molar-refractivity contribution is 0.214. The number of nitrogens with zero attached hydrogens (tertiary/aromatic N) is 1. The number of halogens is 2. The highest BCUT2D eigenvalue weighted by Crippen LogP contribution is 2.28. The van der Waals surface area contributed by atoms with Crippen LogP contribution < -0.4 is 5.32 Å². The molecule has 5 heteroatoms. The summed E-state index contributed by atoms with van der Waals surface area (Å²) in [6.45, 7) is 3.70. The molecule has 106 valence electrons. The van der Waals surface area contributed by atoms with E-state index < -0.39 is 0 Å². The molecule has 0 aliphatic carbocycles. The van der Waals surface area contributed by atoms with Crippen molar-refractivity contribution in [3.8, 4) is 0 Å². The van der Waals surface area contributed by atoms with Gasteiger partial charge in [-0.3, -0.25) is 4.90 Å². The van der Waals surface area contributed by atoms with E-state index in [1.165, 1.54) is 18.2 Å². The quantitative estimate of drug-likeness (QED) is 0.916. The lowest BCUT2D eigenvalue weighted by Gasteiger charge is -2.38. The highest BCUT2D eigenvalue weighted by atomic mass is 32.2. The van der Waals surface area contributed by atoms with Crippen LogP contribution in [-0.2, 0) is 0 Å². The number of nitrogens with one attached hydrogen (secondary N) is 1. The van der Waals surface area contributed by atoms with Crippen LogP contribution in [0.15, 0.2) is 18.2 Å². The van der Waals surface area contributed by atoms with Gasteiger partial charge in [0.05, 0.1) is 6.04 Å². The van der Waals surface area contributed by atoms with Crippen LogP contribution in [0.3, 0.4) is 0 Å². The van der Waals surface area contributed by atoms with Crippen LogP contribution in [0.25, 0.3) is 0 Å². The van der Waals surface area contributed by atoms with Gasteiger partial charge in [-0.1, -0.05) is 6.92 Å². The van der Waals surface area contributed by atoms with Gasteiger partial charge < -0.3 is 5.32 Å². The Bertz CT molecular complexity index is 428. The topological polar surface area (TPSA) is 15.3 Å². The fraction of sp³-hybridized carbons (Fsp3) is 0.571. The van der Waals surface area contributed by atoms with Crippen molar-refractivity contribution in [2.24, 2.45) is 0 Å². The lowest BCUT2D eigenvalue weighted by atomic mass is 9.98. The summed E-state index contributed by atoms with van der Waals surface area (Å²) < 4.78 is 27.4. The third-order valence-electron chi connectivity index (χ3n) is 3.55. The Labute approximate surface area is 117 Å². The molecule has 0 spiro atoms. The Morgan fingerprint density at radius 3 is 2.95 bits per heavy atom. The maximum atomic E-state index is 14.0. The minimum absolute atomic E-state index is 0.168. The van der Waals surface area contributed by atoms with Crippen LogP contribution in [0.5, 0.6) is 0 Å². The highest BCUT2D eigenvalue weighted by Gasteiger charge is 2.30. The zero-order valence-electron chi connectivity index (χ0n) is 11.3. The van der Waals surface area contributed by atoms with E-state index in [-0.39, 0.29) is 23.7 Å². The number of rotatable bonds is 4. The van der Waals surface area contributed by atoms with Crippen LogP contribution in [-0.4, -0.2) is 42.6 Å². The van der Waals surface area contributed by atoms with E-state index >= 15 is 0 Å². The first-order chi connectivity index (χ1) is 9.13. The van der Waals surface area contributed by atoms with Gasteiger partial charge in [0, 0.05) is 29.7 Å². The minimum Gasteiger partial charge on any atom is -0.309 e. The van der Waals surface area contributed by atoms with E-state index in [2.05, 4.69) is 10.2 Å². The van der Waals surface area contributed by atoms with Crippen LogP contribution in [0.2, 0.25) is 0 Å². The fourth-order valence-electron chi connectivity index (χ4n) is 2.48. The monoisotopic (exact) mass is 286 g/mol. The molecule has 1 aliphatic rings. The third-order valence-corrected chi connectivity index (χ3v) is 4.59. The van der Waals surface area contributed by atoms with Crippen LogP contribution in [0, 0.1) is 11.6 Å². The first-order valence-electron chi connectivity index (χ1n) is 6.59. The van der Waals surface area contributed by atoms with Gasteiger partial charge in [-0.25, -0.2) is 8.78 Å². The first kappa shape index (κ1) is 14.8. The Kier molecular flexibility index (Phi) is 5.19. The van der Waals surface area contributed by atoms with Crippen LogP contribution >= 0.6 is 11.8 Å². The molecule has 1 heterocycles. The molecule has 2 atom stereocenters. The largest absolute Gasteiger partial charge is 0.309 e. The fourth-order valence-corrected chi connectivity index (χ4v) is 3.75. The molecule has 2 nitrogen and oxygen atoms in total. The molecule has 1 saturated heterocycles. The van der Waals surface area contributed by atoms with E-state index in [1.54, 1.807) is 0 Å². The summed E-state index contributed by atoms with van der Waals surface area (Å²) in [4.78, 5) is 2.23. The number of likely N-dealkylation sites (N-methyl/N-ethyl adjacent to an activating group) is 2. The van der Waals surface area contributed by atoms with E-state index in [4.69, 9.17) is 0 Å². The van der Waals surface area contributed by atoms with Crippen molar-refractivity contribution in [3.05, 3.63) is 35.4 Å². The molecular weight excluding hydrogens is 266 g/mol. The number of benzene rings is 1. The predicted octanol–water partition coefficient (Wildman–Crippen LogP) is 2.66. The van der Waals surface area contributed by atoms with Gasteiger partial charge in [0.2, 0.25) is 0 Å². The van der Waals surface area contributed by atoms with Crippen molar-refractivity contribution >= 4 is 11.8 Å². The van der Waals surface area contributed by atoms with Gasteiger partial charge in [0.1, 0.15) is 11.6 Å². The summed E-state index contributed by atoms with van der Waals surface area (Å²) in [6.07, 6.45) is 0. The molecule has 1 aromatic rings. The SMILES string of the molecule is CCNC(c1cc(F)ccc1F)C1CSCCN1C. The van der Waals surface area contributed by atoms with Crippen LogP contribution in [0.4, 0.5) is 8.78 Å². The summed E-state index contributed by atoms with van der Waals surface area (Å²) in [5.74, 6) is 1.31. The van der Waals surface area contributed by atoms with Crippen molar-refractivity contribution < 1.29 is 8.78 Å². The standard InChI is InChI=1S/C14H20F2N2S/c1-3-17-14(13-9-19-7-6-18(13)2)11-8-10(15)4-5-12(11)16/h4-5,8,13-14,17H,3,6-7,9H2,1-2H3. The second-order valence-corrected chi connectivity index (χ2v) is 5.97. The van der Waals surface area contributed by atoms with Crippen molar-refractivity contribution in [2.45, 2.75) is 19.0 Å². The van der Waals surface area contributed by atoms with Gasteiger partial charge >= 0.3 is 0 Å². The second-order valence-electron chi connectivity index (χ2n) is 4.82. The Morgan fingerprint density at radius 2 is 2.26 bits per heavy atom. The molecule has 0 amide bonds. The van der Waals surface area contributed by atoms with Gasteiger partial charge in [-0.15, -0.1) is 0 Å². The molecule has 1 fully saturated rings. The molecule has 0 aromatic heterocycles. The van der Waals surface area contributed by atoms with Gasteiger partial charge in [-0.05, 0) is 31.8 Å². The van der Waals surface area contributed by atoms with Crippen molar-refractivity contribution in [2.75, 3.05) is 31.6 Å². The Hall–Kier alpha value is -0.650. The van der Waals surface area contributed by atoms with Crippen molar-refractivity contribution in [1.82, 2.24) is 10.2 Å². The Balaban J connectivity index is 2.30. The second kappa shape index (κ2) is 6.68. The predicted molar refractivity (Wildman–Crippen MR) is 76.5 cm³/mol. The molecule has 19 heavy (non-hydrogen) atoms. The zero-order chi connectivity index (χ0) is 13.8.